The molecule has 5 nitrogen and oxygen atoms in total. The molecule has 156 valence electrons. The normalized spacial score (nSPS) is 17.1. The van der Waals surface area contributed by atoms with Gasteiger partial charge in [0, 0.05) is 49.6 Å². The highest BCUT2D eigenvalue weighted by Gasteiger charge is 2.22. The monoisotopic (exact) mass is 406 g/mol. The van der Waals surface area contributed by atoms with E-state index in [4.69, 9.17) is 0 Å². The van der Waals surface area contributed by atoms with E-state index in [9.17, 15) is 9.18 Å². The fourth-order valence-electron chi connectivity index (χ4n) is 4.14. The van der Waals surface area contributed by atoms with Crippen LogP contribution in [0.1, 0.15) is 28.8 Å². The molecule has 6 heteroatoms. The largest absolute Gasteiger partial charge is 0.352 e. The summed E-state index contributed by atoms with van der Waals surface area (Å²) in [7, 11) is 1.96. The summed E-state index contributed by atoms with van der Waals surface area (Å²) in [6, 6.07) is 15.9. The number of nitrogens with one attached hydrogen (secondary N) is 1. The molecule has 1 N–H and O–H groups in total. The van der Waals surface area contributed by atoms with Gasteiger partial charge < -0.3 is 5.32 Å². The number of aromatic nitrogens is 2. The molecule has 1 unspecified atom stereocenters. The van der Waals surface area contributed by atoms with E-state index in [1.807, 2.05) is 29.9 Å². The zero-order valence-corrected chi connectivity index (χ0v) is 17.2. The van der Waals surface area contributed by atoms with Gasteiger partial charge in [0.2, 0.25) is 0 Å². The van der Waals surface area contributed by atoms with Gasteiger partial charge in [-0.05, 0) is 49.6 Å². The maximum atomic E-state index is 13.0. The Labute approximate surface area is 176 Å². The van der Waals surface area contributed by atoms with Gasteiger partial charge in [-0.25, -0.2) is 4.39 Å². The van der Waals surface area contributed by atoms with Gasteiger partial charge in [-0.15, -0.1) is 0 Å². The Morgan fingerprint density at radius 2 is 1.93 bits per heavy atom. The van der Waals surface area contributed by atoms with Gasteiger partial charge in [0.25, 0.3) is 5.91 Å². The molecule has 1 amide bonds. The van der Waals surface area contributed by atoms with Gasteiger partial charge in [0.15, 0.2) is 0 Å². The number of aryl methyl sites for hydroxylation is 1. The van der Waals surface area contributed by atoms with Crippen LogP contribution in [0.15, 0.2) is 60.8 Å². The standard InChI is InChI=1S/C24H27FN4O/c1-28-16-21(23(27-28)19-7-3-2-4-8-19)17-29-13-5-6-18(15-29)14-26-24(30)20-9-11-22(25)12-10-20/h2-4,7-12,16,18H,5-6,13-15,17H2,1H3,(H,26,30). The van der Waals surface area contributed by atoms with Crippen LogP contribution in [-0.4, -0.2) is 40.2 Å². The molecule has 1 aromatic heterocycles. The lowest BCUT2D eigenvalue weighted by Gasteiger charge is -2.32. The molecular weight excluding hydrogens is 379 g/mol. The summed E-state index contributed by atoms with van der Waals surface area (Å²) in [5.74, 6) is -0.0783. The molecule has 4 rings (SSSR count). The highest BCUT2D eigenvalue weighted by atomic mass is 19.1. The van der Waals surface area contributed by atoms with Crippen LogP contribution in [0, 0.1) is 11.7 Å². The van der Waals surface area contributed by atoms with Crippen LogP contribution < -0.4 is 5.32 Å². The van der Waals surface area contributed by atoms with E-state index in [-0.39, 0.29) is 11.7 Å². The molecule has 0 aliphatic carbocycles. The van der Waals surface area contributed by atoms with E-state index in [0.717, 1.165) is 43.7 Å². The number of nitrogens with zero attached hydrogens (tertiary/aromatic N) is 3. The fourth-order valence-corrected chi connectivity index (χ4v) is 4.14. The Balaban J connectivity index is 1.36. The second kappa shape index (κ2) is 9.22. The molecule has 1 aliphatic heterocycles. The summed E-state index contributed by atoms with van der Waals surface area (Å²) in [6.45, 7) is 3.46. The lowest BCUT2D eigenvalue weighted by molar-refractivity contribution is 0.0930. The third kappa shape index (κ3) is 4.94. The predicted octanol–water partition coefficient (Wildman–Crippen LogP) is 3.87. The summed E-state index contributed by atoms with van der Waals surface area (Å²) in [4.78, 5) is 14.8. The van der Waals surface area contributed by atoms with E-state index < -0.39 is 0 Å². The van der Waals surface area contributed by atoms with Crippen molar-refractivity contribution in [3.63, 3.8) is 0 Å². The van der Waals surface area contributed by atoms with Gasteiger partial charge in [-0.3, -0.25) is 14.4 Å². The highest BCUT2D eigenvalue weighted by Crippen LogP contribution is 2.25. The van der Waals surface area contributed by atoms with Gasteiger partial charge >= 0.3 is 0 Å². The Morgan fingerprint density at radius 3 is 2.70 bits per heavy atom. The SMILES string of the molecule is Cn1cc(CN2CCCC(CNC(=O)c3ccc(F)cc3)C2)c(-c2ccccc2)n1. The van der Waals surface area contributed by atoms with Gasteiger partial charge in [-0.2, -0.15) is 5.10 Å². The smallest absolute Gasteiger partial charge is 0.251 e. The van der Waals surface area contributed by atoms with Crippen LogP contribution in [0.4, 0.5) is 4.39 Å². The second-order valence-electron chi connectivity index (χ2n) is 8.00. The van der Waals surface area contributed by atoms with Gasteiger partial charge in [-0.1, -0.05) is 30.3 Å². The van der Waals surface area contributed by atoms with Gasteiger partial charge in [0.05, 0.1) is 5.69 Å². The molecule has 1 saturated heterocycles. The van der Waals surface area contributed by atoms with E-state index >= 15 is 0 Å². The summed E-state index contributed by atoms with van der Waals surface area (Å²) in [5.41, 5.74) is 3.88. The average molecular weight is 407 g/mol. The minimum absolute atomic E-state index is 0.147. The third-order valence-electron chi connectivity index (χ3n) is 5.61. The molecule has 1 aliphatic rings. The van der Waals surface area contributed by atoms with Crippen LogP contribution in [0.5, 0.6) is 0 Å². The first-order chi connectivity index (χ1) is 14.6. The first kappa shape index (κ1) is 20.3. The topological polar surface area (TPSA) is 50.2 Å². The molecule has 0 saturated carbocycles. The Morgan fingerprint density at radius 1 is 1.17 bits per heavy atom. The Hall–Kier alpha value is -2.99. The van der Waals surface area contributed by atoms with E-state index in [0.29, 0.717) is 18.0 Å². The molecule has 30 heavy (non-hydrogen) atoms. The van der Waals surface area contributed by atoms with Gasteiger partial charge in [0.1, 0.15) is 5.82 Å². The summed E-state index contributed by atoms with van der Waals surface area (Å²) >= 11 is 0. The zero-order valence-electron chi connectivity index (χ0n) is 17.2. The lowest BCUT2D eigenvalue weighted by Crippen LogP contribution is -2.40. The van der Waals surface area contributed by atoms with Crippen molar-refractivity contribution < 1.29 is 9.18 Å². The van der Waals surface area contributed by atoms with Crippen LogP contribution >= 0.6 is 0 Å². The molecule has 1 atom stereocenters. The quantitative estimate of drug-likeness (QED) is 0.676. The van der Waals surface area contributed by atoms with Crippen molar-refractivity contribution in [2.75, 3.05) is 19.6 Å². The summed E-state index contributed by atoms with van der Waals surface area (Å²) in [6.07, 6.45) is 4.30. The number of halogens is 1. The van der Waals surface area contributed by atoms with E-state index in [2.05, 4.69) is 33.6 Å². The molecule has 1 fully saturated rings. The summed E-state index contributed by atoms with van der Waals surface area (Å²) < 4.78 is 14.9. The van der Waals surface area contributed by atoms with Crippen molar-refractivity contribution in [3.05, 3.63) is 77.7 Å². The maximum Gasteiger partial charge on any atom is 0.251 e. The molecule has 0 spiro atoms. The van der Waals surface area contributed by atoms with Crippen molar-refractivity contribution in [1.29, 1.82) is 0 Å². The Bertz CT molecular complexity index is 984. The maximum absolute atomic E-state index is 13.0. The molecule has 0 bridgehead atoms. The minimum Gasteiger partial charge on any atom is -0.352 e. The van der Waals surface area contributed by atoms with Crippen LogP contribution in [0.2, 0.25) is 0 Å². The molecule has 2 heterocycles. The number of hydrogen-bond acceptors (Lipinski definition) is 3. The number of piperidine rings is 1. The molecule has 2 aromatic carbocycles. The molecule has 0 radical (unpaired) electrons. The van der Waals surface area contributed by atoms with Crippen molar-refractivity contribution in [2.45, 2.75) is 19.4 Å². The molecule has 3 aromatic rings. The van der Waals surface area contributed by atoms with Crippen LogP contribution in [-0.2, 0) is 13.6 Å². The number of benzene rings is 2. The lowest BCUT2D eigenvalue weighted by atomic mass is 9.97. The average Bonchev–Trinajstić information content (AvgIpc) is 3.13. The van der Waals surface area contributed by atoms with E-state index in [1.165, 1.54) is 29.8 Å². The van der Waals surface area contributed by atoms with E-state index in [1.54, 1.807) is 0 Å². The van der Waals surface area contributed by atoms with Crippen LogP contribution in [0.3, 0.4) is 0 Å². The van der Waals surface area contributed by atoms with Crippen molar-refractivity contribution >= 4 is 5.91 Å². The second-order valence-corrected chi connectivity index (χ2v) is 8.00. The summed E-state index contributed by atoms with van der Waals surface area (Å²) in [5, 5.41) is 7.68. The number of amides is 1. The minimum atomic E-state index is -0.334. The number of carbonyl (C=O) groups excluding carboxylic acids is 1. The van der Waals surface area contributed by atoms with Crippen LogP contribution in [0.25, 0.3) is 11.3 Å². The number of hydrogen-bond donors (Lipinski definition) is 1. The Kier molecular flexibility index (Phi) is 6.23. The predicted molar refractivity (Wildman–Crippen MR) is 115 cm³/mol. The molecular formula is C24H27FN4O. The first-order valence-corrected chi connectivity index (χ1v) is 10.4. The first-order valence-electron chi connectivity index (χ1n) is 10.4. The third-order valence-corrected chi connectivity index (χ3v) is 5.61. The highest BCUT2D eigenvalue weighted by molar-refractivity contribution is 5.94. The fraction of sp³-hybridized carbons (Fsp3) is 0.333. The number of rotatable bonds is 6. The number of carbonyl (C=O) groups is 1. The van der Waals surface area contributed by atoms with Crippen molar-refractivity contribution in [1.82, 2.24) is 20.0 Å². The number of likely N-dealkylation sites (tertiary alicyclic amines) is 1. The van der Waals surface area contributed by atoms with Crippen molar-refractivity contribution in [2.24, 2.45) is 13.0 Å². The van der Waals surface area contributed by atoms with Crippen molar-refractivity contribution in [3.8, 4) is 11.3 Å². The zero-order chi connectivity index (χ0) is 20.9.